The van der Waals surface area contributed by atoms with E-state index in [2.05, 4.69) is 5.32 Å². The standard InChI is InChI=1S/C12H16FN/c13-12-6-2-1-4-10(12)7-8-11-5-3-9-14-11/h1-2,4,6,11,14H,3,5,7-9H2. The zero-order valence-corrected chi connectivity index (χ0v) is 8.30. The van der Waals surface area contributed by atoms with Gasteiger partial charge in [0.25, 0.3) is 0 Å². The van der Waals surface area contributed by atoms with Crippen molar-refractivity contribution in [2.75, 3.05) is 6.54 Å². The molecule has 76 valence electrons. The van der Waals surface area contributed by atoms with Crippen LogP contribution in [0.4, 0.5) is 4.39 Å². The molecule has 1 unspecified atom stereocenters. The minimum atomic E-state index is -0.0644. The summed E-state index contributed by atoms with van der Waals surface area (Å²) in [6.07, 6.45) is 4.42. The van der Waals surface area contributed by atoms with Crippen molar-refractivity contribution < 1.29 is 4.39 Å². The predicted molar refractivity (Wildman–Crippen MR) is 55.7 cm³/mol. The molecule has 1 heterocycles. The minimum absolute atomic E-state index is 0.0644. The van der Waals surface area contributed by atoms with Crippen LogP contribution in [0.15, 0.2) is 24.3 Å². The average Bonchev–Trinajstić information content (AvgIpc) is 2.69. The quantitative estimate of drug-likeness (QED) is 0.777. The van der Waals surface area contributed by atoms with Crippen molar-refractivity contribution in [1.82, 2.24) is 5.32 Å². The van der Waals surface area contributed by atoms with Crippen LogP contribution in [0, 0.1) is 5.82 Å². The lowest BCUT2D eigenvalue weighted by molar-refractivity contribution is 0.542. The maximum absolute atomic E-state index is 13.2. The molecule has 1 N–H and O–H groups in total. The zero-order valence-electron chi connectivity index (χ0n) is 8.30. The van der Waals surface area contributed by atoms with Crippen molar-refractivity contribution in [2.24, 2.45) is 0 Å². The molecule has 0 aliphatic carbocycles. The number of benzene rings is 1. The molecule has 0 amide bonds. The van der Waals surface area contributed by atoms with Gasteiger partial charge in [0.2, 0.25) is 0 Å². The lowest BCUT2D eigenvalue weighted by atomic mass is 10.0. The van der Waals surface area contributed by atoms with Crippen LogP contribution < -0.4 is 5.32 Å². The summed E-state index contributed by atoms with van der Waals surface area (Å²) in [5.74, 6) is -0.0644. The van der Waals surface area contributed by atoms with E-state index >= 15 is 0 Å². The van der Waals surface area contributed by atoms with Gasteiger partial charge in [-0.1, -0.05) is 18.2 Å². The first-order valence-electron chi connectivity index (χ1n) is 5.33. The Bertz CT molecular complexity index is 292. The lowest BCUT2D eigenvalue weighted by Gasteiger charge is -2.09. The molecule has 0 spiro atoms. The maximum atomic E-state index is 13.2. The number of aryl methyl sites for hydroxylation is 1. The van der Waals surface area contributed by atoms with E-state index in [-0.39, 0.29) is 5.82 Å². The summed E-state index contributed by atoms with van der Waals surface area (Å²) in [6, 6.07) is 7.67. The van der Waals surface area contributed by atoms with E-state index in [0.29, 0.717) is 6.04 Å². The Morgan fingerprint density at radius 3 is 2.93 bits per heavy atom. The highest BCUT2D eigenvalue weighted by atomic mass is 19.1. The first kappa shape index (κ1) is 9.66. The van der Waals surface area contributed by atoms with Crippen LogP contribution in [0.25, 0.3) is 0 Å². The van der Waals surface area contributed by atoms with Crippen molar-refractivity contribution in [3.63, 3.8) is 0 Å². The van der Waals surface area contributed by atoms with Crippen molar-refractivity contribution in [1.29, 1.82) is 0 Å². The van der Waals surface area contributed by atoms with Gasteiger partial charge in [0.05, 0.1) is 0 Å². The highest BCUT2D eigenvalue weighted by Gasteiger charge is 2.14. The third kappa shape index (κ3) is 2.32. The Morgan fingerprint density at radius 2 is 2.21 bits per heavy atom. The van der Waals surface area contributed by atoms with E-state index in [4.69, 9.17) is 0 Å². The second-order valence-electron chi connectivity index (χ2n) is 3.92. The fourth-order valence-electron chi connectivity index (χ4n) is 2.03. The molecule has 0 saturated carbocycles. The van der Waals surface area contributed by atoms with E-state index in [9.17, 15) is 4.39 Å². The van der Waals surface area contributed by atoms with Crippen LogP contribution in [0.5, 0.6) is 0 Å². The Hall–Kier alpha value is -0.890. The maximum Gasteiger partial charge on any atom is 0.126 e. The van der Waals surface area contributed by atoms with Gasteiger partial charge in [-0.2, -0.15) is 0 Å². The number of hydrogen-bond donors (Lipinski definition) is 1. The van der Waals surface area contributed by atoms with Crippen molar-refractivity contribution >= 4 is 0 Å². The van der Waals surface area contributed by atoms with Gasteiger partial charge >= 0.3 is 0 Å². The normalized spacial score (nSPS) is 21.4. The molecule has 2 rings (SSSR count). The lowest BCUT2D eigenvalue weighted by Crippen LogP contribution is -2.21. The van der Waals surface area contributed by atoms with Gasteiger partial charge in [0, 0.05) is 6.04 Å². The Kier molecular flexibility index (Phi) is 3.14. The van der Waals surface area contributed by atoms with Gasteiger partial charge in [-0.3, -0.25) is 0 Å². The summed E-state index contributed by atoms with van der Waals surface area (Å²) in [5, 5.41) is 3.42. The Morgan fingerprint density at radius 1 is 1.36 bits per heavy atom. The molecule has 0 bridgehead atoms. The number of rotatable bonds is 3. The molecule has 1 nitrogen and oxygen atoms in total. The van der Waals surface area contributed by atoms with Crippen molar-refractivity contribution in [2.45, 2.75) is 31.7 Å². The zero-order chi connectivity index (χ0) is 9.80. The number of halogens is 1. The Labute approximate surface area is 84.3 Å². The van der Waals surface area contributed by atoms with Crippen LogP contribution in [0.3, 0.4) is 0 Å². The molecule has 0 aromatic heterocycles. The van der Waals surface area contributed by atoms with Gasteiger partial charge in [0.15, 0.2) is 0 Å². The topological polar surface area (TPSA) is 12.0 Å². The highest BCUT2D eigenvalue weighted by Crippen LogP contribution is 2.14. The summed E-state index contributed by atoms with van der Waals surface area (Å²) in [4.78, 5) is 0. The molecule has 1 saturated heterocycles. The average molecular weight is 193 g/mol. The SMILES string of the molecule is Fc1ccccc1CCC1CCCN1. The molecule has 1 atom stereocenters. The van der Waals surface area contributed by atoms with Crippen LogP contribution in [-0.2, 0) is 6.42 Å². The van der Waals surface area contributed by atoms with E-state index in [1.165, 1.54) is 18.9 Å². The summed E-state index contributed by atoms with van der Waals surface area (Å²) < 4.78 is 13.2. The molecule has 1 aliphatic rings. The highest BCUT2D eigenvalue weighted by molar-refractivity contribution is 5.17. The Balaban J connectivity index is 1.88. The second kappa shape index (κ2) is 4.56. The van der Waals surface area contributed by atoms with Crippen LogP contribution in [0.2, 0.25) is 0 Å². The molecular formula is C12H16FN. The van der Waals surface area contributed by atoms with Gasteiger partial charge in [-0.05, 0) is 43.9 Å². The fourth-order valence-corrected chi connectivity index (χ4v) is 2.03. The van der Waals surface area contributed by atoms with Crippen LogP contribution >= 0.6 is 0 Å². The third-order valence-corrected chi connectivity index (χ3v) is 2.88. The van der Waals surface area contributed by atoms with E-state index in [0.717, 1.165) is 24.9 Å². The number of hydrogen-bond acceptors (Lipinski definition) is 1. The fraction of sp³-hybridized carbons (Fsp3) is 0.500. The molecule has 1 aliphatic heterocycles. The van der Waals surface area contributed by atoms with Gasteiger partial charge in [-0.15, -0.1) is 0 Å². The van der Waals surface area contributed by atoms with E-state index in [1.807, 2.05) is 12.1 Å². The molecular weight excluding hydrogens is 177 g/mol. The third-order valence-electron chi connectivity index (χ3n) is 2.88. The van der Waals surface area contributed by atoms with E-state index < -0.39 is 0 Å². The predicted octanol–water partition coefficient (Wildman–Crippen LogP) is 2.51. The van der Waals surface area contributed by atoms with E-state index in [1.54, 1.807) is 6.07 Å². The largest absolute Gasteiger partial charge is 0.314 e. The molecule has 1 aromatic carbocycles. The van der Waals surface area contributed by atoms with Crippen molar-refractivity contribution in [3.05, 3.63) is 35.6 Å². The van der Waals surface area contributed by atoms with Crippen LogP contribution in [0.1, 0.15) is 24.8 Å². The first-order valence-corrected chi connectivity index (χ1v) is 5.33. The summed E-state index contributed by atoms with van der Waals surface area (Å²) >= 11 is 0. The smallest absolute Gasteiger partial charge is 0.126 e. The summed E-state index contributed by atoms with van der Waals surface area (Å²) in [6.45, 7) is 1.13. The first-order chi connectivity index (χ1) is 6.86. The molecule has 14 heavy (non-hydrogen) atoms. The van der Waals surface area contributed by atoms with Crippen LogP contribution in [-0.4, -0.2) is 12.6 Å². The number of nitrogens with one attached hydrogen (secondary N) is 1. The van der Waals surface area contributed by atoms with Gasteiger partial charge < -0.3 is 5.32 Å². The van der Waals surface area contributed by atoms with Crippen molar-refractivity contribution in [3.8, 4) is 0 Å². The van der Waals surface area contributed by atoms with Gasteiger partial charge in [0.1, 0.15) is 5.82 Å². The van der Waals surface area contributed by atoms with Gasteiger partial charge in [-0.25, -0.2) is 4.39 Å². The molecule has 1 aromatic rings. The molecule has 1 fully saturated rings. The summed E-state index contributed by atoms with van der Waals surface area (Å²) in [5.41, 5.74) is 0.848. The minimum Gasteiger partial charge on any atom is -0.314 e. The summed E-state index contributed by atoms with van der Waals surface area (Å²) in [7, 11) is 0. The molecule has 2 heteroatoms. The second-order valence-corrected chi connectivity index (χ2v) is 3.92. The molecule has 0 radical (unpaired) electrons. The monoisotopic (exact) mass is 193 g/mol.